The van der Waals surface area contributed by atoms with Crippen molar-refractivity contribution in [2.75, 3.05) is 36.5 Å². The molecule has 2 aromatic carbocycles. The molecule has 0 spiro atoms. The number of nitrogens with one attached hydrogen (secondary N) is 1. The number of nitrogens with zero attached hydrogens (tertiary/aromatic N) is 1. The van der Waals surface area contributed by atoms with Crippen LogP contribution in [0.25, 0.3) is 0 Å². The third kappa shape index (κ3) is 5.61. The van der Waals surface area contributed by atoms with Gasteiger partial charge in [0, 0.05) is 12.6 Å². The molecule has 0 saturated carbocycles. The van der Waals surface area contributed by atoms with Crippen LogP contribution in [-0.2, 0) is 24.3 Å². The molecule has 0 atom stereocenters. The van der Waals surface area contributed by atoms with Gasteiger partial charge in [0.05, 0.1) is 11.4 Å². The Morgan fingerprint density at radius 3 is 2.60 bits per heavy atom. The van der Waals surface area contributed by atoms with Crippen LogP contribution in [0.5, 0.6) is 11.5 Å². The molecule has 0 saturated heterocycles. The van der Waals surface area contributed by atoms with Crippen LogP contribution in [0.3, 0.4) is 0 Å². The second-order valence-electron chi connectivity index (χ2n) is 7.32. The Morgan fingerprint density at radius 2 is 1.89 bits per heavy atom. The lowest BCUT2D eigenvalue weighted by atomic mass is 10.1. The number of rotatable bonds is 9. The van der Waals surface area contributed by atoms with Gasteiger partial charge in [-0.2, -0.15) is 0 Å². The molecule has 35 heavy (non-hydrogen) atoms. The molecule has 1 aliphatic rings. The summed E-state index contributed by atoms with van der Waals surface area (Å²) in [5.41, 5.74) is 1.05. The van der Waals surface area contributed by atoms with Crippen molar-refractivity contribution in [3.05, 3.63) is 65.5 Å². The monoisotopic (exact) mass is 516 g/mol. The Morgan fingerprint density at radius 1 is 1.11 bits per heavy atom. The van der Waals surface area contributed by atoms with E-state index < -0.39 is 35.0 Å². The number of anilines is 2. The molecule has 10 nitrogen and oxygen atoms in total. The van der Waals surface area contributed by atoms with Gasteiger partial charge in [-0.25, -0.2) is 13.2 Å². The van der Waals surface area contributed by atoms with Crippen LogP contribution in [0.15, 0.2) is 64.2 Å². The number of hydrogen-bond acceptors (Lipinski definition) is 9. The number of ether oxygens (including phenoxy) is 3. The molecule has 12 heteroatoms. The van der Waals surface area contributed by atoms with E-state index in [1.807, 2.05) is 0 Å². The first-order valence-electron chi connectivity index (χ1n) is 10.2. The number of amides is 1. The molecule has 0 unspecified atom stereocenters. The number of Topliss-reactive ketones (excluding diaryl/α,β-unsaturated/α-hetero) is 1. The van der Waals surface area contributed by atoms with Crippen LogP contribution < -0.4 is 19.1 Å². The minimum Gasteiger partial charge on any atom is -0.482 e. The van der Waals surface area contributed by atoms with Gasteiger partial charge in [-0.1, -0.05) is 6.07 Å². The second kappa shape index (κ2) is 10.2. The number of hydrogen-bond donors (Lipinski definition) is 1. The van der Waals surface area contributed by atoms with E-state index in [9.17, 15) is 22.8 Å². The lowest BCUT2D eigenvalue weighted by molar-refractivity contribution is -0.144. The number of carbonyl (C=O) groups excluding carboxylic acids is 3. The van der Waals surface area contributed by atoms with Crippen molar-refractivity contribution < 1.29 is 37.0 Å². The molecular formula is C23H20N2O8S2. The number of fused-ring (bicyclic) bond motifs is 1. The third-order valence-electron chi connectivity index (χ3n) is 4.97. The van der Waals surface area contributed by atoms with Gasteiger partial charge in [0.1, 0.15) is 15.7 Å². The number of sulfonamides is 1. The van der Waals surface area contributed by atoms with Crippen molar-refractivity contribution in [1.82, 2.24) is 0 Å². The number of carbonyl (C=O) groups is 3. The molecule has 3 aromatic rings. The van der Waals surface area contributed by atoms with Crippen molar-refractivity contribution in [1.29, 1.82) is 0 Å². The Labute approximate surface area is 205 Å². The van der Waals surface area contributed by atoms with E-state index in [-0.39, 0.29) is 22.3 Å². The van der Waals surface area contributed by atoms with Gasteiger partial charge in [0.25, 0.3) is 15.9 Å². The van der Waals surface area contributed by atoms with Crippen LogP contribution in [-0.4, -0.2) is 52.9 Å². The van der Waals surface area contributed by atoms with E-state index in [2.05, 4.69) is 5.32 Å². The molecule has 0 aliphatic carbocycles. The lowest BCUT2D eigenvalue weighted by Crippen LogP contribution is -2.26. The van der Waals surface area contributed by atoms with E-state index in [1.165, 1.54) is 37.4 Å². The lowest BCUT2D eigenvalue weighted by Gasteiger charge is -2.18. The minimum absolute atomic E-state index is 0.0917. The van der Waals surface area contributed by atoms with Gasteiger partial charge >= 0.3 is 5.97 Å². The fourth-order valence-corrected chi connectivity index (χ4v) is 5.46. The minimum atomic E-state index is -3.66. The third-order valence-corrected chi connectivity index (χ3v) is 8.12. The normalized spacial score (nSPS) is 12.7. The van der Waals surface area contributed by atoms with Gasteiger partial charge in [0.2, 0.25) is 0 Å². The van der Waals surface area contributed by atoms with Crippen LogP contribution in [0.1, 0.15) is 10.4 Å². The fourth-order valence-electron chi connectivity index (χ4n) is 3.11. The average Bonchev–Trinajstić information content (AvgIpc) is 3.41. The Kier molecular flexibility index (Phi) is 7.03. The van der Waals surface area contributed by atoms with Gasteiger partial charge in [-0.3, -0.25) is 13.9 Å². The molecule has 0 bridgehead atoms. The maximum Gasteiger partial charge on any atom is 0.344 e. The topological polar surface area (TPSA) is 128 Å². The Hall–Kier alpha value is -3.90. The van der Waals surface area contributed by atoms with Crippen molar-refractivity contribution in [2.45, 2.75) is 4.21 Å². The van der Waals surface area contributed by atoms with Gasteiger partial charge in [0.15, 0.2) is 25.6 Å². The number of benzene rings is 2. The predicted octanol–water partition coefficient (Wildman–Crippen LogP) is 2.71. The molecule has 4 rings (SSSR count). The van der Waals surface area contributed by atoms with Crippen LogP contribution in [0.2, 0.25) is 0 Å². The van der Waals surface area contributed by atoms with Crippen molar-refractivity contribution in [3.63, 3.8) is 0 Å². The molecule has 1 amide bonds. The van der Waals surface area contributed by atoms with Crippen LogP contribution in [0, 0.1) is 0 Å². The summed E-state index contributed by atoms with van der Waals surface area (Å²) in [7, 11) is -2.21. The molecule has 0 radical (unpaired) electrons. The summed E-state index contributed by atoms with van der Waals surface area (Å²) in [6, 6.07) is 13.9. The SMILES string of the molecule is CN(c1ccc(OCC(=O)OCC(=O)c2ccc3c(c2)NC(=O)CO3)cc1)S(=O)(=O)c1cccs1. The highest BCUT2D eigenvalue weighted by atomic mass is 32.2. The molecule has 1 N–H and O–H groups in total. The summed E-state index contributed by atoms with van der Waals surface area (Å²) >= 11 is 1.13. The van der Waals surface area contributed by atoms with Crippen molar-refractivity contribution in [2.24, 2.45) is 0 Å². The summed E-state index contributed by atoms with van der Waals surface area (Å²) in [6.45, 7) is -1.03. The number of thiophene rings is 1. The van der Waals surface area contributed by atoms with Gasteiger partial charge in [-0.15, -0.1) is 11.3 Å². The molecule has 1 aromatic heterocycles. The first-order valence-corrected chi connectivity index (χ1v) is 12.6. The molecule has 2 heterocycles. The van der Waals surface area contributed by atoms with E-state index in [0.717, 1.165) is 15.6 Å². The van der Waals surface area contributed by atoms with Crippen LogP contribution in [0.4, 0.5) is 11.4 Å². The standard InChI is InChI=1S/C23H20N2O8S2/c1-25(35(29,30)23-3-2-10-34-23)16-5-7-17(8-6-16)31-14-22(28)33-12-19(26)15-4-9-20-18(11-15)24-21(27)13-32-20/h2-11H,12-14H2,1H3,(H,24,27). The summed E-state index contributed by atoms with van der Waals surface area (Å²) in [5, 5.41) is 4.29. The fraction of sp³-hybridized carbons (Fsp3) is 0.174. The number of esters is 1. The second-order valence-corrected chi connectivity index (χ2v) is 10.5. The zero-order valence-corrected chi connectivity index (χ0v) is 20.1. The quantitative estimate of drug-likeness (QED) is 0.340. The predicted molar refractivity (Wildman–Crippen MR) is 128 cm³/mol. The maximum absolute atomic E-state index is 12.6. The van der Waals surface area contributed by atoms with E-state index >= 15 is 0 Å². The highest BCUT2D eigenvalue weighted by molar-refractivity contribution is 7.94. The van der Waals surface area contributed by atoms with Crippen LogP contribution >= 0.6 is 11.3 Å². The largest absolute Gasteiger partial charge is 0.482 e. The van der Waals surface area contributed by atoms with E-state index in [0.29, 0.717) is 22.9 Å². The Bertz CT molecular complexity index is 1350. The summed E-state index contributed by atoms with van der Waals surface area (Å²) < 4.78 is 42.2. The smallest absolute Gasteiger partial charge is 0.344 e. The van der Waals surface area contributed by atoms with Gasteiger partial charge < -0.3 is 19.5 Å². The summed E-state index contributed by atoms with van der Waals surface area (Å²) in [4.78, 5) is 35.8. The summed E-state index contributed by atoms with van der Waals surface area (Å²) in [5.74, 6) is -0.763. The first-order chi connectivity index (χ1) is 16.7. The van der Waals surface area contributed by atoms with E-state index in [4.69, 9.17) is 14.2 Å². The molecule has 0 fully saturated rings. The highest BCUT2D eigenvalue weighted by Crippen LogP contribution is 2.29. The van der Waals surface area contributed by atoms with Crippen molar-refractivity contribution in [3.8, 4) is 11.5 Å². The molecule has 1 aliphatic heterocycles. The highest BCUT2D eigenvalue weighted by Gasteiger charge is 2.22. The van der Waals surface area contributed by atoms with Gasteiger partial charge in [-0.05, 0) is 53.9 Å². The summed E-state index contributed by atoms with van der Waals surface area (Å²) in [6.07, 6.45) is 0. The molecule has 182 valence electrons. The average molecular weight is 517 g/mol. The first kappa shape index (κ1) is 24.2. The van der Waals surface area contributed by atoms with Crippen molar-refractivity contribution >= 4 is 50.4 Å². The van der Waals surface area contributed by atoms with E-state index in [1.54, 1.807) is 29.6 Å². The zero-order chi connectivity index (χ0) is 25.0. The zero-order valence-electron chi connectivity index (χ0n) is 18.4. The molecular weight excluding hydrogens is 496 g/mol. The maximum atomic E-state index is 12.6. The Balaban J connectivity index is 1.27. The number of ketones is 1.